The standard InChI is InChI=1S/C21H20F3N7O4/c1-10(2)29-8-12-18(21(29)35)30(9-16(32)27-15-4-3-11(22)6-25-15)17-5-13(28-31(17)20(12)34)19(33)26-7-14(23)24/h3-6,10,14H,7-9H2,1-2H3,(H,26,33)(H,25,27,32). The van der Waals surface area contributed by atoms with E-state index in [1.807, 2.05) is 5.32 Å². The lowest BCUT2D eigenvalue weighted by atomic mass is 10.2. The van der Waals surface area contributed by atoms with Gasteiger partial charge in [0.1, 0.15) is 29.5 Å². The number of amides is 3. The number of halogens is 3. The molecule has 0 aromatic carbocycles. The van der Waals surface area contributed by atoms with Crippen molar-refractivity contribution in [3.8, 4) is 0 Å². The van der Waals surface area contributed by atoms with Gasteiger partial charge in [-0.3, -0.25) is 19.2 Å². The van der Waals surface area contributed by atoms with Crippen LogP contribution in [0, 0.1) is 5.82 Å². The third-order valence-corrected chi connectivity index (χ3v) is 5.33. The Morgan fingerprint density at radius 1 is 1.20 bits per heavy atom. The van der Waals surface area contributed by atoms with Gasteiger partial charge in [0, 0.05) is 12.1 Å². The lowest BCUT2D eigenvalue weighted by Gasteiger charge is -2.20. The Balaban J connectivity index is 1.78. The van der Waals surface area contributed by atoms with Gasteiger partial charge in [0.15, 0.2) is 5.69 Å². The van der Waals surface area contributed by atoms with Crippen LogP contribution in [0.2, 0.25) is 0 Å². The quantitative estimate of drug-likeness (QED) is 0.508. The van der Waals surface area contributed by atoms with Gasteiger partial charge in [-0.2, -0.15) is 9.61 Å². The Hall–Kier alpha value is -4.23. The summed E-state index contributed by atoms with van der Waals surface area (Å²) in [6.07, 6.45) is -1.88. The van der Waals surface area contributed by atoms with Crippen LogP contribution in [0.4, 0.5) is 19.0 Å². The predicted octanol–water partition coefficient (Wildman–Crippen LogP) is 1.03. The molecule has 4 heterocycles. The summed E-state index contributed by atoms with van der Waals surface area (Å²) in [6, 6.07) is 3.23. The van der Waals surface area contributed by atoms with Crippen molar-refractivity contribution in [3.05, 3.63) is 57.5 Å². The molecule has 0 saturated carbocycles. The molecule has 1 aliphatic heterocycles. The highest BCUT2D eigenvalue weighted by Gasteiger charge is 2.36. The number of pyridine rings is 1. The monoisotopic (exact) mass is 491 g/mol. The van der Waals surface area contributed by atoms with Crippen LogP contribution in [0.15, 0.2) is 29.2 Å². The number of nitrogens with zero attached hydrogens (tertiary/aromatic N) is 5. The Bertz CT molecular complexity index is 1380. The van der Waals surface area contributed by atoms with Gasteiger partial charge in [-0.15, -0.1) is 0 Å². The molecule has 0 aliphatic carbocycles. The second-order valence-corrected chi connectivity index (χ2v) is 8.06. The van der Waals surface area contributed by atoms with Crippen molar-refractivity contribution in [1.29, 1.82) is 0 Å². The SMILES string of the molecule is CC(C)N1Cc2c(n(CC(=O)Nc3ccc(F)cn3)c3cc(C(=O)NCC(F)F)nn3c2=O)C1=O. The van der Waals surface area contributed by atoms with E-state index in [2.05, 4.69) is 15.4 Å². The molecule has 0 radical (unpaired) electrons. The Morgan fingerprint density at radius 3 is 2.57 bits per heavy atom. The van der Waals surface area contributed by atoms with Gasteiger partial charge in [-0.05, 0) is 26.0 Å². The van der Waals surface area contributed by atoms with Gasteiger partial charge in [-0.25, -0.2) is 18.2 Å². The molecular weight excluding hydrogens is 471 g/mol. The molecular formula is C21H20F3N7O4. The first kappa shape index (κ1) is 23.9. The van der Waals surface area contributed by atoms with Gasteiger partial charge < -0.3 is 20.1 Å². The van der Waals surface area contributed by atoms with E-state index in [1.54, 1.807) is 13.8 Å². The number of aromatic nitrogens is 4. The fourth-order valence-electron chi connectivity index (χ4n) is 3.71. The normalized spacial score (nSPS) is 13.1. The smallest absolute Gasteiger partial charge is 0.280 e. The minimum Gasteiger partial charge on any atom is -0.345 e. The maximum atomic E-state index is 13.1. The molecule has 0 spiro atoms. The maximum absolute atomic E-state index is 13.1. The zero-order chi connectivity index (χ0) is 25.4. The molecule has 3 amide bonds. The van der Waals surface area contributed by atoms with Crippen molar-refractivity contribution in [1.82, 2.24) is 29.4 Å². The Morgan fingerprint density at radius 2 is 1.94 bits per heavy atom. The predicted molar refractivity (Wildman–Crippen MR) is 116 cm³/mol. The molecule has 0 fully saturated rings. The van der Waals surface area contributed by atoms with Crippen LogP contribution >= 0.6 is 0 Å². The Labute approximate surface area is 195 Å². The first-order valence-corrected chi connectivity index (χ1v) is 10.5. The zero-order valence-corrected chi connectivity index (χ0v) is 18.6. The van der Waals surface area contributed by atoms with Crippen LogP contribution in [-0.4, -0.2) is 60.8 Å². The topological polar surface area (TPSA) is 131 Å². The molecule has 3 aromatic heterocycles. The summed E-state index contributed by atoms with van der Waals surface area (Å²) in [5, 5.41) is 8.40. The lowest BCUT2D eigenvalue weighted by molar-refractivity contribution is -0.116. The summed E-state index contributed by atoms with van der Waals surface area (Å²) in [6.45, 7) is 2.10. The van der Waals surface area contributed by atoms with E-state index in [0.29, 0.717) is 0 Å². The van der Waals surface area contributed by atoms with Crippen molar-refractivity contribution in [2.24, 2.45) is 0 Å². The number of hydrogen-bond donors (Lipinski definition) is 2. The number of rotatable bonds is 7. The van der Waals surface area contributed by atoms with Crippen LogP contribution in [0.5, 0.6) is 0 Å². The fourth-order valence-corrected chi connectivity index (χ4v) is 3.71. The molecule has 0 unspecified atom stereocenters. The third-order valence-electron chi connectivity index (χ3n) is 5.33. The second kappa shape index (κ2) is 9.19. The molecule has 3 aromatic rings. The zero-order valence-electron chi connectivity index (χ0n) is 18.6. The highest BCUT2D eigenvalue weighted by Crippen LogP contribution is 2.24. The largest absolute Gasteiger partial charge is 0.345 e. The van der Waals surface area contributed by atoms with E-state index in [0.717, 1.165) is 22.8 Å². The number of alkyl halides is 2. The average Bonchev–Trinajstić information content (AvgIpc) is 3.39. The minimum atomic E-state index is -2.79. The van der Waals surface area contributed by atoms with E-state index >= 15 is 0 Å². The summed E-state index contributed by atoms with van der Waals surface area (Å²) < 4.78 is 40.2. The first-order valence-electron chi connectivity index (χ1n) is 10.5. The molecule has 14 heteroatoms. The number of anilines is 1. The van der Waals surface area contributed by atoms with Gasteiger partial charge in [0.25, 0.3) is 23.8 Å². The van der Waals surface area contributed by atoms with E-state index in [9.17, 15) is 32.3 Å². The fraction of sp³-hybridized carbons (Fsp3) is 0.333. The van der Waals surface area contributed by atoms with Gasteiger partial charge in [-0.1, -0.05) is 0 Å². The summed E-state index contributed by atoms with van der Waals surface area (Å²) in [7, 11) is 0. The van der Waals surface area contributed by atoms with Crippen molar-refractivity contribution >= 4 is 29.2 Å². The molecule has 0 atom stereocenters. The number of nitrogens with one attached hydrogen (secondary N) is 2. The van der Waals surface area contributed by atoms with Crippen LogP contribution in [0.1, 0.15) is 40.4 Å². The number of fused-ring (bicyclic) bond motifs is 2. The number of carbonyl (C=O) groups is 3. The molecule has 11 nitrogen and oxygen atoms in total. The third kappa shape index (κ3) is 4.58. The molecule has 1 aliphatic rings. The molecule has 0 saturated heterocycles. The number of hydrogen-bond acceptors (Lipinski definition) is 6. The van der Waals surface area contributed by atoms with Crippen LogP contribution in [0.25, 0.3) is 5.65 Å². The summed E-state index contributed by atoms with van der Waals surface area (Å²) >= 11 is 0. The summed E-state index contributed by atoms with van der Waals surface area (Å²) in [4.78, 5) is 56.5. The van der Waals surface area contributed by atoms with Crippen molar-refractivity contribution in [2.45, 2.75) is 39.4 Å². The minimum absolute atomic E-state index is 0.0332. The van der Waals surface area contributed by atoms with Gasteiger partial charge >= 0.3 is 0 Å². The summed E-state index contributed by atoms with van der Waals surface area (Å²) in [5.74, 6) is -2.64. The average molecular weight is 491 g/mol. The molecule has 0 bridgehead atoms. The van der Waals surface area contributed by atoms with Gasteiger partial charge in [0.05, 0.1) is 24.8 Å². The van der Waals surface area contributed by atoms with E-state index < -0.39 is 48.6 Å². The first-order chi connectivity index (χ1) is 16.6. The molecule has 4 rings (SSSR count). The lowest BCUT2D eigenvalue weighted by Crippen LogP contribution is -2.32. The van der Waals surface area contributed by atoms with Crippen LogP contribution in [0.3, 0.4) is 0 Å². The molecule has 35 heavy (non-hydrogen) atoms. The van der Waals surface area contributed by atoms with Crippen molar-refractivity contribution < 1.29 is 27.6 Å². The number of carbonyl (C=O) groups excluding carboxylic acids is 3. The van der Waals surface area contributed by atoms with E-state index in [-0.39, 0.29) is 41.0 Å². The van der Waals surface area contributed by atoms with Crippen LogP contribution in [-0.2, 0) is 17.9 Å². The highest BCUT2D eigenvalue weighted by atomic mass is 19.3. The van der Waals surface area contributed by atoms with E-state index in [1.165, 1.54) is 15.5 Å². The Kier molecular flexibility index (Phi) is 6.28. The molecule has 2 N–H and O–H groups in total. The second-order valence-electron chi connectivity index (χ2n) is 8.06. The van der Waals surface area contributed by atoms with Crippen molar-refractivity contribution in [2.75, 3.05) is 11.9 Å². The summed E-state index contributed by atoms with van der Waals surface area (Å²) in [5.41, 5.74) is -1.04. The van der Waals surface area contributed by atoms with Crippen LogP contribution < -0.4 is 16.2 Å². The van der Waals surface area contributed by atoms with Gasteiger partial charge in [0.2, 0.25) is 5.91 Å². The highest BCUT2D eigenvalue weighted by molar-refractivity contribution is 5.99. The van der Waals surface area contributed by atoms with E-state index in [4.69, 9.17) is 0 Å². The molecule has 184 valence electrons. The van der Waals surface area contributed by atoms with Crippen molar-refractivity contribution in [3.63, 3.8) is 0 Å². The maximum Gasteiger partial charge on any atom is 0.280 e.